The highest BCUT2D eigenvalue weighted by Gasteiger charge is 2.35. The SMILES string of the molecule is CCN1c2ccc(/C=N\Nc3ccc([N+](=O)[O-])cc3[N+](=O)[O-])cc2C(C)CC1(C)C. The normalized spacial score (nSPS) is 17.6. The first-order valence-corrected chi connectivity index (χ1v) is 9.77. The maximum Gasteiger partial charge on any atom is 0.301 e. The Hall–Kier alpha value is -3.49. The number of benzene rings is 2. The minimum atomic E-state index is -0.674. The van der Waals surface area contributed by atoms with Crippen molar-refractivity contribution >= 4 is 29.0 Å². The van der Waals surface area contributed by atoms with Gasteiger partial charge in [-0.1, -0.05) is 13.0 Å². The van der Waals surface area contributed by atoms with Gasteiger partial charge < -0.3 is 4.90 Å². The fourth-order valence-corrected chi connectivity index (χ4v) is 4.24. The molecule has 3 rings (SSSR count). The lowest BCUT2D eigenvalue weighted by Gasteiger charge is -2.47. The van der Waals surface area contributed by atoms with Crippen LogP contribution in [0.1, 0.15) is 51.2 Å². The maximum absolute atomic E-state index is 11.2. The standard InChI is InChI=1S/C21H25N5O4/c1-5-24-19-9-6-15(10-17(19)14(2)12-21(24,3)4)13-22-23-18-8-7-16(25(27)28)11-20(18)26(29)30/h6-11,13-14,23H,5,12H2,1-4H3/b22-13-. The number of hydrogen-bond donors (Lipinski definition) is 1. The second-order valence-electron chi connectivity index (χ2n) is 8.07. The number of nitro benzene ring substituents is 2. The van der Waals surface area contributed by atoms with Crippen molar-refractivity contribution in [3.8, 4) is 0 Å². The Labute approximate surface area is 174 Å². The number of anilines is 2. The molecule has 1 heterocycles. The van der Waals surface area contributed by atoms with Gasteiger partial charge in [-0.05, 0) is 62.4 Å². The number of hydrazone groups is 1. The van der Waals surface area contributed by atoms with Crippen LogP contribution in [0.5, 0.6) is 0 Å². The molecule has 1 aliphatic rings. The quantitative estimate of drug-likeness (QED) is 0.404. The van der Waals surface area contributed by atoms with Gasteiger partial charge in [0, 0.05) is 23.8 Å². The molecule has 0 bridgehead atoms. The zero-order chi connectivity index (χ0) is 22.1. The van der Waals surface area contributed by atoms with E-state index in [1.165, 1.54) is 23.4 Å². The van der Waals surface area contributed by atoms with Crippen molar-refractivity contribution in [3.05, 3.63) is 67.8 Å². The van der Waals surface area contributed by atoms with Crippen LogP contribution in [0.2, 0.25) is 0 Å². The summed E-state index contributed by atoms with van der Waals surface area (Å²) in [7, 11) is 0. The van der Waals surface area contributed by atoms with Crippen molar-refractivity contribution in [1.29, 1.82) is 0 Å². The predicted molar refractivity (Wildman–Crippen MR) is 118 cm³/mol. The summed E-state index contributed by atoms with van der Waals surface area (Å²) in [4.78, 5) is 23.1. The van der Waals surface area contributed by atoms with E-state index in [1.807, 2.05) is 6.07 Å². The third kappa shape index (κ3) is 4.10. The van der Waals surface area contributed by atoms with Crippen LogP contribution >= 0.6 is 0 Å². The summed E-state index contributed by atoms with van der Waals surface area (Å²) in [6.45, 7) is 9.80. The molecule has 1 atom stereocenters. The molecule has 9 heteroatoms. The molecule has 1 aliphatic heterocycles. The minimum absolute atomic E-state index is 0.0899. The fraction of sp³-hybridized carbons (Fsp3) is 0.381. The average Bonchev–Trinajstić information content (AvgIpc) is 2.67. The Balaban J connectivity index is 1.84. The summed E-state index contributed by atoms with van der Waals surface area (Å²) in [5.74, 6) is 0.398. The molecule has 30 heavy (non-hydrogen) atoms. The molecule has 0 aromatic heterocycles. The first-order chi connectivity index (χ1) is 14.1. The third-order valence-corrected chi connectivity index (χ3v) is 5.51. The van der Waals surface area contributed by atoms with Crippen LogP contribution in [0, 0.1) is 20.2 Å². The molecule has 0 radical (unpaired) electrons. The molecule has 158 valence electrons. The van der Waals surface area contributed by atoms with E-state index in [2.05, 4.69) is 55.3 Å². The molecule has 0 spiro atoms. The highest BCUT2D eigenvalue weighted by Crippen LogP contribution is 2.43. The van der Waals surface area contributed by atoms with Crippen LogP contribution in [-0.2, 0) is 0 Å². The average molecular weight is 411 g/mol. The number of hydrogen-bond acceptors (Lipinski definition) is 7. The van der Waals surface area contributed by atoms with Crippen molar-refractivity contribution in [3.63, 3.8) is 0 Å². The summed E-state index contributed by atoms with van der Waals surface area (Å²) in [5.41, 5.74) is 5.40. The van der Waals surface area contributed by atoms with Gasteiger partial charge in [0.05, 0.1) is 22.1 Å². The summed E-state index contributed by atoms with van der Waals surface area (Å²) in [6.07, 6.45) is 2.63. The summed E-state index contributed by atoms with van der Waals surface area (Å²) >= 11 is 0. The van der Waals surface area contributed by atoms with Gasteiger partial charge in [0.1, 0.15) is 5.69 Å². The topological polar surface area (TPSA) is 114 Å². The summed E-state index contributed by atoms with van der Waals surface area (Å²) < 4.78 is 0. The van der Waals surface area contributed by atoms with E-state index in [4.69, 9.17) is 0 Å². The molecule has 0 aliphatic carbocycles. The van der Waals surface area contributed by atoms with E-state index in [-0.39, 0.29) is 16.9 Å². The van der Waals surface area contributed by atoms with Crippen molar-refractivity contribution in [2.24, 2.45) is 5.10 Å². The van der Waals surface area contributed by atoms with Gasteiger partial charge in [-0.2, -0.15) is 5.10 Å². The third-order valence-electron chi connectivity index (χ3n) is 5.51. The predicted octanol–water partition coefficient (Wildman–Crippen LogP) is 5.06. The fourth-order valence-electron chi connectivity index (χ4n) is 4.24. The molecule has 0 amide bonds. The Bertz CT molecular complexity index is 1020. The first-order valence-electron chi connectivity index (χ1n) is 9.77. The van der Waals surface area contributed by atoms with Gasteiger partial charge in [-0.25, -0.2) is 0 Å². The molecule has 1 N–H and O–H groups in total. The van der Waals surface area contributed by atoms with Gasteiger partial charge in [0.15, 0.2) is 0 Å². The molecular formula is C21H25N5O4. The van der Waals surface area contributed by atoms with E-state index in [0.29, 0.717) is 5.92 Å². The van der Waals surface area contributed by atoms with Crippen molar-refractivity contribution in [2.45, 2.75) is 45.6 Å². The molecule has 1 unspecified atom stereocenters. The smallest absolute Gasteiger partial charge is 0.301 e. The maximum atomic E-state index is 11.2. The van der Waals surface area contributed by atoms with E-state index < -0.39 is 15.5 Å². The monoisotopic (exact) mass is 411 g/mol. The van der Waals surface area contributed by atoms with E-state index in [1.54, 1.807) is 6.21 Å². The lowest BCUT2D eigenvalue weighted by Crippen LogP contribution is -2.48. The lowest BCUT2D eigenvalue weighted by atomic mass is 9.79. The summed E-state index contributed by atoms with van der Waals surface area (Å²) in [5, 5.41) is 26.2. The molecule has 9 nitrogen and oxygen atoms in total. The highest BCUT2D eigenvalue weighted by molar-refractivity contribution is 5.82. The number of fused-ring (bicyclic) bond motifs is 1. The van der Waals surface area contributed by atoms with E-state index in [0.717, 1.165) is 24.6 Å². The number of rotatable bonds is 6. The number of nitro groups is 2. The molecule has 0 saturated carbocycles. The largest absolute Gasteiger partial charge is 0.366 e. The van der Waals surface area contributed by atoms with Gasteiger partial charge >= 0.3 is 5.69 Å². The van der Waals surface area contributed by atoms with Crippen LogP contribution in [-0.4, -0.2) is 28.1 Å². The second kappa shape index (κ2) is 8.10. The Kier molecular flexibility index (Phi) is 5.73. The van der Waals surface area contributed by atoms with Crippen molar-refractivity contribution in [1.82, 2.24) is 0 Å². The van der Waals surface area contributed by atoms with Crippen molar-refractivity contribution in [2.75, 3.05) is 16.9 Å². The number of nitrogens with zero attached hydrogens (tertiary/aromatic N) is 4. The van der Waals surface area contributed by atoms with Gasteiger partial charge in [-0.3, -0.25) is 25.7 Å². The van der Waals surface area contributed by atoms with Crippen LogP contribution < -0.4 is 10.3 Å². The van der Waals surface area contributed by atoms with Crippen molar-refractivity contribution < 1.29 is 9.85 Å². The van der Waals surface area contributed by atoms with E-state index in [9.17, 15) is 20.2 Å². The van der Waals surface area contributed by atoms with Gasteiger partial charge in [-0.15, -0.1) is 0 Å². The number of non-ortho nitro benzene ring substituents is 1. The molecule has 0 fully saturated rings. The zero-order valence-electron chi connectivity index (χ0n) is 17.5. The Morgan fingerprint density at radius 2 is 1.93 bits per heavy atom. The molecule has 2 aromatic rings. The molecule has 0 saturated heterocycles. The first kappa shape index (κ1) is 21.2. The van der Waals surface area contributed by atoms with Gasteiger partial charge in [0.25, 0.3) is 5.69 Å². The number of nitrogens with one attached hydrogen (secondary N) is 1. The highest BCUT2D eigenvalue weighted by atomic mass is 16.6. The van der Waals surface area contributed by atoms with Crippen LogP contribution in [0.15, 0.2) is 41.5 Å². The Morgan fingerprint density at radius 1 is 1.20 bits per heavy atom. The molecular weight excluding hydrogens is 386 g/mol. The zero-order valence-corrected chi connectivity index (χ0v) is 17.5. The van der Waals surface area contributed by atoms with Crippen LogP contribution in [0.3, 0.4) is 0 Å². The van der Waals surface area contributed by atoms with Gasteiger partial charge in [0.2, 0.25) is 0 Å². The molecule has 2 aromatic carbocycles. The van der Waals surface area contributed by atoms with Crippen LogP contribution in [0.4, 0.5) is 22.7 Å². The van der Waals surface area contributed by atoms with E-state index >= 15 is 0 Å². The Morgan fingerprint density at radius 3 is 2.57 bits per heavy atom. The second-order valence-corrected chi connectivity index (χ2v) is 8.07. The minimum Gasteiger partial charge on any atom is -0.366 e. The lowest BCUT2D eigenvalue weighted by molar-refractivity contribution is -0.393. The summed E-state index contributed by atoms with van der Waals surface area (Å²) in [6, 6.07) is 9.54. The van der Waals surface area contributed by atoms with Crippen LogP contribution in [0.25, 0.3) is 0 Å².